The predicted molar refractivity (Wildman–Crippen MR) is 83.6 cm³/mol. The van der Waals surface area contributed by atoms with E-state index in [4.69, 9.17) is 5.41 Å². The number of nitrogens with zero attached hydrogens (tertiary/aromatic N) is 1. The number of alkyl halides is 3. The van der Waals surface area contributed by atoms with Gasteiger partial charge in [-0.05, 0) is 29.7 Å². The molecule has 0 saturated carbocycles. The molecule has 1 N–H and O–H groups in total. The quantitative estimate of drug-likeness (QED) is 0.666. The molecule has 0 amide bonds. The molecule has 2 aromatic carbocycles. The summed E-state index contributed by atoms with van der Waals surface area (Å²) in [7, 11) is 0. The molecule has 0 fully saturated rings. The van der Waals surface area contributed by atoms with Gasteiger partial charge in [-0.15, -0.1) is 0 Å². The van der Waals surface area contributed by atoms with Crippen molar-refractivity contribution in [2.45, 2.75) is 25.1 Å². The highest BCUT2D eigenvalue weighted by molar-refractivity contribution is 7.16. The number of hydrogen-bond acceptors (Lipinski definition) is 2. The summed E-state index contributed by atoms with van der Waals surface area (Å²) in [5.41, 5.74) is 1.86. The first-order valence-corrected chi connectivity index (χ1v) is 8.11. The molecule has 0 aliphatic carbocycles. The van der Waals surface area contributed by atoms with Gasteiger partial charge in [0.15, 0.2) is 4.80 Å². The Labute approximate surface area is 134 Å². The average molecular weight is 334 g/mol. The lowest BCUT2D eigenvalue weighted by atomic mass is 9.85. The maximum atomic E-state index is 13.2. The minimum Gasteiger partial charge on any atom is -0.317 e. The lowest BCUT2D eigenvalue weighted by Gasteiger charge is -2.26. The average Bonchev–Trinajstić information content (AvgIpc) is 2.85. The summed E-state index contributed by atoms with van der Waals surface area (Å²) < 4.78 is 42.1. The van der Waals surface area contributed by atoms with E-state index < -0.39 is 11.7 Å². The van der Waals surface area contributed by atoms with E-state index >= 15 is 0 Å². The summed E-state index contributed by atoms with van der Waals surface area (Å²) in [6.45, 7) is 0.663. The normalized spacial score (nSPS) is 17.6. The molecule has 0 bridgehead atoms. The number of rotatable bonds is 1. The van der Waals surface area contributed by atoms with Gasteiger partial charge in [0.05, 0.1) is 15.8 Å². The summed E-state index contributed by atoms with van der Waals surface area (Å²) in [4.78, 5) is 0.312. The highest BCUT2D eigenvalue weighted by Crippen LogP contribution is 2.42. The van der Waals surface area contributed by atoms with Crippen LogP contribution in [0.2, 0.25) is 0 Å². The van der Waals surface area contributed by atoms with Crippen molar-refractivity contribution < 1.29 is 13.2 Å². The van der Waals surface area contributed by atoms with E-state index in [1.165, 1.54) is 12.1 Å². The van der Waals surface area contributed by atoms with Crippen LogP contribution in [0.4, 0.5) is 13.2 Å². The zero-order chi connectivity index (χ0) is 16.2. The molecule has 118 valence electrons. The number of hydrogen-bond donors (Lipinski definition) is 1. The first-order chi connectivity index (χ1) is 10.9. The first-order valence-electron chi connectivity index (χ1n) is 7.29. The van der Waals surface area contributed by atoms with E-state index in [0.717, 1.165) is 22.4 Å². The molecule has 4 rings (SSSR count). The van der Waals surface area contributed by atoms with Crippen molar-refractivity contribution in [3.8, 4) is 0 Å². The number of benzene rings is 2. The summed E-state index contributed by atoms with van der Waals surface area (Å²) in [5.74, 6) is -0.0602. The van der Waals surface area contributed by atoms with Gasteiger partial charge in [0.25, 0.3) is 0 Å². The summed E-state index contributed by atoms with van der Waals surface area (Å²) in [6, 6.07) is 12.1. The first kappa shape index (κ1) is 14.5. The van der Waals surface area contributed by atoms with Crippen molar-refractivity contribution in [1.29, 1.82) is 5.41 Å². The Balaban J connectivity index is 2.02. The predicted octanol–water partition coefficient (Wildman–Crippen LogP) is 4.74. The second-order valence-corrected chi connectivity index (χ2v) is 6.75. The van der Waals surface area contributed by atoms with Crippen LogP contribution in [-0.2, 0) is 12.7 Å². The molecule has 1 atom stereocenters. The maximum Gasteiger partial charge on any atom is 0.416 e. The van der Waals surface area contributed by atoms with Gasteiger partial charge in [-0.3, -0.25) is 5.41 Å². The standard InChI is InChI=1S/C17H13F3N2S/c18-17(19,20)11-8-13-12(10-4-2-1-3-5-10)6-7-22-15(13)14(9-11)23-16(22)21/h1-5,8-9,12,21H,6-7H2. The fourth-order valence-corrected chi connectivity index (χ4v) is 4.36. The summed E-state index contributed by atoms with van der Waals surface area (Å²) in [6.07, 6.45) is -3.67. The van der Waals surface area contributed by atoms with Crippen LogP contribution in [0, 0.1) is 5.41 Å². The molecule has 0 saturated heterocycles. The van der Waals surface area contributed by atoms with Gasteiger partial charge in [0.2, 0.25) is 0 Å². The fraction of sp³-hybridized carbons (Fsp3) is 0.235. The minimum atomic E-state index is -4.37. The lowest BCUT2D eigenvalue weighted by Crippen LogP contribution is -2.21. The van der Waals surface area contributed by atoms with Gasteiger partial charge in [-0.25, -0.2) is 0 Å². The van der Waals surface area contributed by atoms with E-state index in [9.17, 15) is 13.2 Å². The minimum absolute atomic E-state index is 0.0602. The molecule has 2 nitrogen and oxygen atoms in total. The molecule has 0 radical (unpaired) electrons. The second kappa shape index (κ2) is 4.96. The third kappa shape index (κ3) is 2.28. The number of halogens is 3. The monoisotopic (exact) mass is 334 g/mol. The van der Waals surface area contributed by atoms with Crippen LogP contribution in [0.5, 0.6) is 0 Å². The number of aromatic nitrogens is 1. The number of aryl methyl sites for hydroxylation is 1. The Morgan fingerprint density at radius 1 is 1.13 bits per heavy atom. The Hall–Kier alpha value is -2.08. The van der Waals surface area contributed by atoms with E-state index in [1.807, 2.05) is 34.9 Å². The molecule has 1 aromatic heterocycles. The third-order valence-electron chi connectivity index (χ3n) is 4.37. The van der Waals surface area contributed by atoms with Crippen LogP contribution in [-0.4, -0.2) is 4.57 Å². The molecular weight excluding hydrogens is 321 g/mol. The van der Waals surface area contributed by atoms with E-state index in [2.05, 4.69) is 0 Å². The van der Waals surface area contributed by atoms with E-state index in [0.29, 0.717) is 28.0 Å². The van der Waals surface area contributed by atoms with Gasteiger partial charge < -0.3 is 4.57 Å². The molecule has 2 heterocycles. The fourth-order valence-electron chi connectivity index (χ4n) is 3.34. The number of nitrogens with one attached hydrogen (secondary N) is 1. The van der Waals surface area contributed by atoms with Crippen LogP contribution >= 0.6 is 11.3 Å². The van der Waals surface area contributed by atoms with Gasteiger partial charge in [0.1, 0.15) is 0 Å². The third-order valence-corrected chi connectivity index (χ3v) is 5.32. The van der Waals surface area contributed by atoms with Crippen molar-refractivity contribution in [2.75, 3.05) is 0 Å². The molecule has 6 heteroatoms. The van der Waals surface area contributed by atoms with Crippen molar-refractivity contribution >= 4 is 21.6 Å². The Morgan fingerprint density at radius 3 is 2.57 bits per heavy atom. The van der Waals surface area contributed by atoms with Gasteiger partial charge in [-0.1, -0.05) is 41.7 Å². The van der Waals surface area contributed by atoms with Crippen LogP contribution in [0.1, 0.15) is 29.0 Å². The summed E-state index contributed by atoms with van der Waals surface area (Å²) in [5, 5.41) is 8.03. The zero-order valence-corrected chi connectivity index (χ0v) is 12.8. The van der Waals surface area contributed by atoms with Crippen molar-refractivity contribution in [1.82, 2.24) is 4.57 Å². The van der Waals surface area contributed by atoms with Crippen LogP contribution < -0.4 is 4.80 Å². The van der Waals surface area contributed by atoms with Crippen molar-refractivity contribution in [2.24, 2.45) is 0 Å². The Morgan fingerprint density at radius 2 is 1.87 bits per heavy atom. The van der Waals surface area contributed by atoms with Gasteiger partial charge >= 0.3 is 6.18 Å². The van der Waals surface area contributed by atoms with Crippen LogP contribution in [0.25, 0.3) is 10.2 Å². The van der Waals surface area contributed by atoms with Crippen LogP contribution in [0.3, 0.4) is 0 Å². The largest absolute Gasteiger partial charge is 0.416 e. The molecule has 1 unspecified atom stereocenters. The summed E-state index contributed by atoms with van der Waals surface area (Å²) >= 11 is 1.11. The van der Waals surface area contributed by atoms with E-state index in [-0.39, 0.29) is 5.92 Å². The van der Waals surface area contributed by atoms with Crippen molar-refractivity contribution in [3.63, 3.8) is 0 Å². The van der Waals surface area contributed by atoms with E-state index in [1.54, 1.807) is 0 Å². The molecule has 0 spiro atoms. The second-order valence-electron chi connectivity index (χ2n) is 5.72. The smallest absolute Gasteiger partial charge is 0.317 e. The Kier molecular flexibility index (Phi) is 3.13. The zero-order valence-electron chi connectivity index (χ0n) is 12.0. The van der Waals surface area contributed by atoms with Crippen LogP contribution in [0.15, 0.2) is 42.5 Å². The molecule has 23 heavy (non-hydrogen) atoms. The molecular formula is C17H13F3N2S. The highest BCUT2D eigenvalue weighted by Gasteiger charge is 2.34. The van der Waals surface area contributed by atoms with Gasteiger partial charge in [-0.2, -0.15) is 13.2 Å². The number of thiazole rings is 1. The maximum absolute atomic E-state index is 13.2. The lowest BCUT2D eigenvalue weighted by molar-refractivity contribution is -0.137. The van der Waals surface area contributed by atoms with Gasteiger partial charge in [0, 0.05) is 12.5 Å². The SMILES string of the molecule is N=c1sc2cc(C(F)(F)F)cc3c2n1CCC3c1ccccc1. The molecule has 1 aliphatic heterocycles. The molecule has 1 aliphatic rings. The molecule has 3 aromatic rings. The Bertz CT molecular complexity index is 938. The topological polar surface area (TPSA) is 28.8 Å². The van der Waals surface area contributed by atoms with Crippen molar-refractivity contribution in [3.05, 3.63) is 64.0 Å². The highest BCUT2D eigenvalue weighted by atomic mass is 32.1.